The van der Waals surface area contributed by atoms with E-state index in [2.05, 4.69) is 21.9 Å². The SMILES string of the molecule is COc1ccccc1C#CCCN=[N+]=[N-]. The minimum absolute atomic E-state index is 0.401. The quantitative estimate of drug-likeness (QED) is 0.244. The molecule has 0 aromatic heterocycles. The van der Waals surface area contributed by atoms with Crippen molar-refractivity contribution < 1.29 is 4.74 Å². The van der Waals surface area contributed by atoms with Crippen molar-refractivity contribution in [2.24, 2.45) is 5.11 Å². The van der Waals surface area contributed by atoms with Gasteiger partial charge in [0.15, 0.2) is 0 Å². The fourth-order valence-electron chi connectivity index (χ4n) is 1.06. The van der Waals surface area contributed by atoms with Gasteiger partial charge in [0.2, 0.25) is 0 Å². The van der Waals surface area contributed by atoms with E-state index >= 15 is 0 Å². The minimum atomic E-state index is 0.401. The fourth-order valence-corrected chi connectivity index (χ4v) is 1.06. The van der Waals surface area contributed by atoms with Gasteiger partial charge < -0.3 is 4.74 Å². The van der Waals surface area contributed by atoms with Crippen LogP contribution in [0, 0.1) is 11.8 Å². The standard InChI is InChI=1S/C11H11N3O/c1-15-11-8-3-2-6-10(11)7-4-5-9-13-14-12/h2-3,6,8H,5,9H2,1H3. The van der Waals surface area contributed by atoms with Gasteiger partial charge >= 0.3 is 0 Å². The van der Waals surface area contributed by atoms with Crippen molar-refractivity contribution in [3.63, 3.8) is 0 Å². The van der Waals surface area contributed by atoms with Crippen molar-refractivity contribution in [1.29, 1.82) is 0 Å². The monoisotopic (exact) mass is 201 g/mol. The summed E-state index contributed by atoms with van der Waals surface area (Å²) in [5.41, 5.74) is 8.90. The van der Waals surface area contributed by atoms with E-state index in [0.29, 0.717) is 13.0 Å². The molecule has 0 saturated carbocycles. The van der Waals surface area contributed by atoms with Gasteiger partial charge in [0.05, 0.1) is 12.7 Å². The molecule has 0 fully saturated rings. The number of para-hydroxylation sites is 1. The summed E-state index contributed by atoms with van der Waals surface area (Å²) >= 11 is 0. The number of rotatable bonds is 3. The van der Waals surface area contributed by atoms with Gasteiger partial charge in [-0.3, -0.25) is 0 Å². The van der Waals surface area contributed by atoms with Crippen LogP contribution >= 0.6 is 0 Å². The molecule has 4 heteroatoms. The van der Waals surface area contributed by atoms with Crippen molar-refractivity contribution in [2.75, 3.05) is 13.7 Å². The van der Waals surface area contributed by atoms with Crippen LogP contribution in [0.4, 0.5) is 0 Å². The Morgan fingerprint density at radius 2 is 2.27 bits per heavy atom. The highest BCUT2D eigenvalue weighted by molar-refractivity contribution is 5.45. The lowest BCUT2D eigenvalue weighted by atomic mass is 10.2. The summed E-state index contributed by atoms with van der Waals surface area (Å²) in [6.07, 6.45) is 0.558. The van der Waals surface area contributed by atoms with E-state index < -0.39 is 0 Å². The summed E-state index contributed by atoms with van der Waals surface area (Å²) in [4.78, 5) is 2.65. The average molecular weight is 201 g/mol. The maximum Gasteiger partial charge on any atom is 0.134 e. The van der Waals surface area contributed by atoms with Gasteiger partial charge in [0, 0.05) is 17.9 Å². The lowest BCUT2D eigenvalue weighted by Crippen LogP contribution is -1.86. The zero-order valence-electron chi connectivity index (χ0n) is 8.47. The Hall–Kier alpha value is -2.11. The van der Waals surface area contributed by atoms with E-state index in [1.54, 1.807) is 7.11 Å². The van der Waals surface area contributed by atoms with Gasteiger partial charge in [-0.05, 0) is 17.7 Å². The van der Waals surface area contributed by atoms with Gasteiger partial charge in [0.1, 0.15) is 5.75 Å². The Morgan fingerprint density at radius 1 is 1.47 bits per heavy atom. The molecule has 0 bridgehead atoms. The highest BCUT2D eigenvalue weighted by atomic mass is 16.5. The molecule has 0 atom stereocenters. The lowest BCUT2D eigenvalue weighted by Gasteiger charge is -2.00. The molecule has 15 heavy (non-hydrogen) atoms. The molecule has 1 rings (SSSR count). The predicted molar refractivity (Wildman–Crippen MR) is 58.5 cm³/mol. The Labute approximate surface area is 88.5 Å². The Balaban J connectivity index is 2.66. The van der Waals surface area contributed by atoms with Crippen LogP contribution < -0.4 is 4.74 Å². The van der Waals surface area contributed by atoms with Crippen LogP contribution in [0.5, 0.6) is 5.75 Å². The van der Waals surface area contributed by atoms with Gasteiger partial charge in [0.25, 0.3) is 0 Å². The molecule has 0 aliphatic carbocycles. The molecule has 0 N–H and O–H groups in total. The second-order valence-corrected chi connectivity index (χ2v) is 2.71. The second-order valence-electron chi connectivity index (χ2n) is 2.71. The molecular formula is C11H11N3O. The van der Waals surface area contributed by atoms with Crippen LogP contribution in [-0.4, -0.2) is 13.7 Å². The number of hydrogen-bond donors (Lipinski definition) is 0. The first-order valence-corrected chi connectivity index (χ1v) is 4.51. The summed E-state index contributed by atoms with van der Waals surface area (Å²) in [6.45, 7) is 0.401. The van der Waals surface area contributed by atoms with Crippen LogP contribution in [-0.2, 0) is 0 Å². The first-order valence-electron chi connectivity index (χ1n) is 4.51. The van der Waals surface area contributed by atoms with Crippen molar-refractivity contribution in [2.45, 2.75) is 6.42 Å². The molecule has 76 valence electrons. The van der Waals surface area contributed by atoms with Crippen LogP contribution in [0.15, 0.2) is 29.4 Å². The van der Waals surface area contributed by atoms with E-state index in [1.165, 1.54) is 0 Å². The van der Waals surface area contributed by atoms with Gasteiger partial charge in [-0.25, -0.2) is 0 Å². The predicted octanol–water partition coefficient (Wildman–Crippen LogP) is 2.75. The first-order chi connectivity index (χ1) is 7.38. The van der Waals surface area contributed by atoms with Crippen LogP contribution in [0.3, 0.4) is 0 Å². The largest absolute Gasteiger partial charge is 0.495 e. The highest BCUT2D eigenvalue weighted by Gasteiger charge is 1.95. The number of ether oxygens (including phenoxy) is 1. The minimum Gasteiger partial charge on any atom is -0.495 e. The number of azide groups is 1. The highest BCUT2D eigenvalue weighted by Crippen LogP contribution is 2.15. The van der Waals surface area contributed by atoms with Crippen molar-refractivity contribution in [3.8, 4) is 17.6 Å². The lowest BCUT2D eigenvalue weighted by molar-refractivity contribution is 0.413. The summed E-state index contributed by atoms with van der Waals surface area (Å²) in [5.74, 6) is 6.64. The third-order valence-electron chi connectivity index (χ3n) is 1.73. The van der Waals surface area contributed by atoms with Crippen molar-refractivity contribution in [1.82, 2.24) is 0 Å². The van der Waals surface area contributed by atoms with Crippen LogP contribution in [0.1, 0.15) is 12.0 Å². The molecule has 0 radical (unpaired) electrons. The Kier molecular flexibility index (Phi) is 4.65. The molecular weight excluding hydrogens is 190 g/mol. The average Bonchev–Trinajstić information content (AvgIpc) is 2.29. The summed E-state index contributed by atoms with van der Waals surface area (Å²) in [5, 5.41) is 3.39. The topological polar surface area (TPSA) is 58.0 Å². The van der Waals surface area contributed by atoms with E-state index in [0.717, 1.165) is 11.3 Å². The molecule has 1 aromatic rings. The normalized spacial score (nSPS) is 8.33. The zero-order valence-corrected chi connectivity index (χ0v) is 8.47. The van der Waals surface area contributed by atoms with Gasteiger partial charge in [-0.1, -0.05) is 29.1 Å². The maximum atomic E-state index is 8.05. The molecule has 4 nitrogen and oxygen atoms in total. The third-order valence-corrected chi connectivity index (χ3v) is 1.73. The van der Waals surface area contributed by atoms with Gasteiger partial charge in [-0.15, -0.1) is 0 Å². The summed E-state index contributed by atoms with van der Waals surface area (Å²) < 4.78 is 5.14. The van der Waals surface area contributed by atoms with Crippen molar-refractivity contribution in [3.05, 3.63) is 40.3 Å². The van der Waals surface area contributed by atoms with E-state index in [1.807, 2.05) is 24.3 Å². The molecule has 0 saturated heterocycles. The number of hydrogen-bond acceptors (Lipinski definition) is 2. The second kappa shape index (κ2) is 6.36. The van der Waals surface area contributed by atoms with Crippen LogP contribution in [0.2, 0.25) is 0 Å². The Bertz CT molecular complexity index is 425. The molecule has 0 amide bonds. The number of benzene rings is 1. The molecule has 0 unspecified atom stereocenters. The first kappa shape index (κ1) is 11.0. The summed E-state index contributed by atoms with van der Waals surface area (Å²) in [7, 11) is 1.61. The third kappa shape index (κ3) is 3.63. The van der Waals surface area contributed by atoms with Crippen molar-refractivity contribution >= 4 is 0 Å². The number of methoxy groups -OCH3 is 1. The number of nitrogens with zero attached hydrogens (tertiary/aromatic N) is 3. The molecule has 0 spiro atoms. The molecule has 0 heterocycles. The van der Waals surface area contributed by atoms with E-state index in [4.69, 9.17) is 10.3 Å². The fraction of sp³-hybridized carbons (Fsp3) is 0.273. The zero-order chi connectivity index (χ0) is 10.9. The Morgan fingerprint density at radius 3 is 3.00 bits per heavy atom. The molecule has 0 aliphatic rings. The smallest absolute Gasteiger partial charge is 0.134 e. The van der Waals surface area contributed by atoms with Gasteiger partial charge in [-0.2, -0.15) is 0 Å². The van der Waals surface area contributed by atoms with E-state index in [-0.39, 0.29) is 0 Å². The molecule has 0 aliphatic heterocycles. The maximum absolute atomic E-state index is 8.05. The summed E-state index contributed by atoms with van der Waals surface area (Å²) in [6, 6.07) is 7.54. The van der Waals surface area contributed by atoms with Crippen LogP contribution in [0.25, 0.3) is 10.4 Å². The van der Waals surface area contributed by atoms with E-state index in [9.17, 15) is 0 Å². The molecule has 1 aromatic carbocycles.